The topological polar surface area (TPSA) is 77.8 Å². The van der Waals surface area contributed by atoms with E-state index in [9.17, 15) is 18.0 Å². The number of aromatic nitrogens is 1. The highest BCUT2D eigenvalue weighted by Gasteiger charge is 2.33. The number of nitrogens with one attached hydrogen (secondary N) is 2. The number of hydrogen-bond acceptors (Lipinski definition) is 4. The van der Waals surface area contributed by atoms with Crippen molar-refractivity contribution in [3.8, 4) is 18.4 Å². The van der Waals surface area contributed by atoms with Crippen molar-refractivity contribution in [1.29, 1.82) is 5.26 Å². The summed E-state index contributed by atoms with van der Waals surface area (Å²) in [6.45, 7) is 0.149. The molecule has 2 N–H and O–H groups in total. The highest BCUT2D eigenvalue weighted by atomic mass is 19.4. The summed E-state index contributed by atoms with van der Waals surface area (Å²) < 4.78 is 38.4. The fourth-order valence-electron chi connectivity index (χ4n) is 2.02. The van der Waals surface area contributed by atoms with Gasteiger partial charge in [0.15, 0.2) is 0 Å². The Morgan fingerprint density at radius 3 is 2.72 bits per heavy atom. The van der Waals surface area contributed by atoms with Crippen molar-refractivity contribution in [1.82, 2.24) is 4.98 Å². The quantitative estimate of drug-likeness (QED) is 0.835. The van der Waals surface area contributed by atoms with Gasteiger partial charge in [0.05, 0.1) is 29.3 Å². The maximum absolute atomic E-state index is 12.8. The van der Waals surface area contributed by atoms with Gasteiger partial charge in [-0.1, -0.05) is 5.92 Å². The molecule has 0 fully saturated rings. The molecule has 5 nitrogen and oxygen atoms in total. The van der Waals surface area contributed by atoms with Crippen molar-refractivity contribution >= 4 is 17.4 Å². The zero-order chi connectivity index (χ0) is 18.4. The van der Waals surface area contributed by atoms with E-state index in [-0.39, 0.29) is 23.6 Å². The van der Waals surface area contributed by atoms with Gasteiger partial charge in [-0.15, -0.1) is 6.42 Å². The molecular formula is C17H11F3N4O. The number of terminal acetylenes is 1. The summed E-state index contributed by atoms with van der Waals surface area (Å²) in [5, 5.41) is 14.1. The lowest BCUT2D eigenvalue weighted by Gasteiger charge is -2.12. The van der Waals surface area contributed by atoms with E-state index in [0.29, 0.717) is 0 Å². The monoisotopic (exact) mass is 344 g/mol. The minimum Gasteiger partial charge on any atom is -0.358 e. The first-order valence-electron chi connectivity index (χ1n) is 6.92. The molecule has 0 radical (unpaired) electrons. The maximum atomic E-state index is 12.8. The number of alkyl halides is 3. The summed E-state index contributed by atoms with van der Waals surface area (Å²) in [5.41, 5.74) is -1.43. The number of amides is 1. The number of nitrogens with zero attached hydrogens (tertiary/aromatic N) is 2. The van der Waals surface area contributed by atoms with E-state index in [0.717, 1.165) is 18.2 Å². The third kappa shape index (κ3) is 4.27. The summed E-state index contributed by atoms with van der Waals surface area (Å²) in [5.74, 6) is 1.98. The van der Waals surface area contributed by atoms with Crippen LogP contribution in [0.5, 0.6) is 0 Å². The summed E-state index contributed by atoms with van der Waals surface area (Å²) in [6, 6.07) is 7.28. The Labute approximate surface area is 141 Å². The van der Waals surface area contributed by atoms with E-state index >= 15 is 0 Å². The van der Waals surface area contributed by atoms with Crippen molar-refractivity contribution in [2.24, 2.45) is 0 Å². The highest BCUT2D eigenvalue weighted by molar-refractivity contribution is 6.07. The number of nitriles is 1. The van der Waals surface area contributed by atoms with Crippen LogP contribution in [-0.2, 0) is 6.18 Å². The molecule has 0 aliphatic heterocycles. The van der Waals surface area contributed by atoms with Gasteiger partial charge in [-0.05, 0) is 30.3 Å². The average molecular weight is 344 g/mol. The van der Waals surface area contributed by atoms with Crippen LogP contribution in [0.2, 0.25) is 0 Å². The second kappa shape index (κ2) is 7.37. The minimum atomic E-state index is -4.65. The number of carbonyl (C=O) groups excluding carboxylic acids is 1. The number of anilines is 2. The van der Waals surface area contributed by atoms with Gasteiger partial charge in [0.1, 0.15) is 5.82 Å². The van der Waals surface area contributed by atoms with Gasteiger partial charge in [0.2, 0.25) is 0 Å². The predicted molar refractivity (Wildman–Crippen MR) is 85.7 cm³/mol. The van der Waals surface area contributed by atoms with Crippen molar-refractivity contribution in [2.75, 3.05) is 17.2 Å². The lowest BCUT2D eigenvalue weighted by Crippen LogP contribution is -2.16. The molecule has 126 valence electrons. The molecule has 25 heavy (non-hydrogen) atoms. The first-order chi connectivity index (χ1) is 11.9. The van der Waals surface area contributed by atoms with Crippen LogP contribution < -0.4 is 10.6 Å². The molecule has 0 saturated heterocycles. The molecule has 0 unspecified atom stereocenters. The first kappa shape index (κ1) is 17.8. The second-order valence-electron chi connectivity index (χ2n) is 4.78. The summed E-state index contributed by atoms with van der Waals surface area (Å²) in [6.07, 6.45) is 1.95. The number of pyridine rings is 1. The van der Waals surface area contributed by atoms with Crippen molar-refractivity contribution < 1.29 is 18.0 Å². The third-order valence-electron chi connectivity index (χ3n) is 3.11. The van der Waals surface area contributed by atoms with Gasteiger partial charge >= 0.3 is 6.18 Å². The normalized spacial score (nSPS) is 10.4. The number of rotatable bonds is 4. The number of benzene rings is 1. The van der Waals surface area contributed by atoms with Crippen molar-refractivity contribution in [3.63, 3.8) is 0 Å². The molecule has 8 heteroatoms. The molecule has 0 aliphatic carbocycles. The van der Waals surface area contributed by atoms with E-state index in [1.54, 1.807) is 0 Å². The molecule has 0 atom stereocenters. The predicted octanol–water partition coefficient (Wildman–Crippen LogP) is 3.27. The van der Waals surface area contributed by atoms with E-state index in [1.807, 2.05) is 0 Å². The van der Waals surface area contributed by atoms with Gasteiger partial charge in [0, 0.05) is 11.9 Å². The van der Waals surface area contributed by atoms with Crippen LogP contribution in [-0.4, -0.2) is 17.4 Å². The van der Waals surface area contributed by atoms with Crippen LogP contribution in [0.4, 0.5) is 24.7 Å². The fraction of sp³-hybridized carbons (Fsp3) is 0.118. The Hall–Kier alpha value is -3.52. The van der Waals surface area contributed by atoms with Gasteiger partial charge in [0.25, 0.3) is 5.91 Å². The Morgan fingerprint density at radius 1 is 1.32 bits per heavy atom. The molecule has 1 amide bonds. The smallest absolute Gasteiger partial charge is 0.358 e. The lowest BCUT2D eigenvalue weighted by atomic mass is 10.1. The second-order valence-corrected chi connectivity index (χ2v) is 4.78. The third-order valence-corrected chi connectivity index (χ3v) is 3.11. The standard InChI is InChI=1S/C17H11F3N4O/c1-2-7-22-15-13(4-3-8-23-15)16(25)24-12-5-6-14(17(18,19)20)11(9-12)10-21/h1,3-6,8-9H,7H2,(H,22,23)(H,24,25). The Balaban J connectivity index is 2.28. The molecule has 0 bridgehead atoms. The summed E-state index contributed by atoms with van der Waals surface area (Å²) in [4.78, 5) is 16.3. The van der Waals surface area contributed by atoms with Crippen LogP contribution >= 0.6 is 0 Å². The summed E-state index contributed by atoms with van der Waals surface area (Å²) >= 11 is 0. The molecule has 0 aliphatic rings. The van der Waals surface area contributed by atoms with E-state index < -0.39 is 23.2 Å². The van der Waals surface area contributed by atoms with Crippen LogP contribution in [0.15, 0.2) is 36.5 Å². The average Bonchev–Trinajstić information content (AvgIpc) is 2.59. The first-order valence-corrected chi connectivity index (χ1v) is 6.92. The molecule has 1 heterocycles. The Kier molecular flexibility index (Phi) is 5.25. The zero-order valence-electron chi connectivity index (χ0n) is 12.7. The minimum absolute atomic E-state index is 0.0568. The maximum Gasteiger partial charge on any atom is 0.417 e. The summed E-state index contributed by atoms with van der Waals surface area (Å²) in [7, 11) is 0. The van der Waals surface area contributed by atoms with Gasteiger partial charge < -0.3 is 10.6 Å². The lowest BCUT2D eigenvalue weighted by molar-refractivity contribution is -0.137. The highest BCUT2D eigenvalue weighted by Crippen LogP contribution is 2.33. The van der Waals surface area contributed by atoms with E-state index in [1.165, 1.54) is 24.4 Å². The molecule has 2 rings (SSSR count). The van der Waals surface area contributed by atoms with Crippen molar-refractivity contribution in [2.45, 2.75) is 6.18 Å². The van der Waals surface area contributed by atoms with Gasteiger partial charge in [-0.25, -0.2) is 4.98 Å². The number of hydrogen-bond donors (Lipinski definition) is 2. The number of halogens is 3. The van der Waals surface area contributed by atoms with E-state index in [2.05, 4.69) is 21.5 Å². The van der Waals surface area contributed by atoms with Crippen molar-refractivity contribution in [3.05, 3.63) is 53.2 Å². The Bertz CT molecular complexity index is 879. The fourth-order valence-corrected chi connectivity index (χ4v) is 2.02. The molecule has 0 spiro atoms. The molecule has 1 aromatic heterocycles. The van der Waals surface area contributed by atoms with Crippen LogP contribution in [0.3, 0.4) is 0 Å². The number of carbonyl (C=O) groups is 1. The largest absolute Gasteiger partial charge is 0.417 e. The van der Waals surface area contributed by atoms with E-state index in [4.69, 9.17) is 11.7 Å². The van der Waals surface area contributed by atoms with Crippen LogP contribution in [0, 0.1) is 23.7 Å². The van der Waals surface area contributed by atoms with Crippen LogP contribution in [0.1, 0.15) is 21.5 Å². The van der Waals surface area contributed by atoms with Crippen LogP contribution in [0.25, 0.3) is 0 Å². The Morgan fingerprint density at radius 2 is 2.08 bits per heavy atom. The molecule has 1 aromatic carbocycles. The molecule has 2 aromatic rings. The van der Waals surface area contributed by atoms with Gasteiger partial charge in [-0.3, -0.25) is 4.79 Å². The molecule has 0 saturated carbocycles. The molecular weight excluding hydrogens is 333 g/mol. The zero-order valence-corrected chi connectivity index (χ0v) is 12.7. The van der Waals surface area contributed by atoms with Gasteiger partial charge in [-0.2, -0.15) is 18.4 Å². The SMILES string of the molecule is C#CCNc1ncccc1C(=O)Nc1ccc(C(F)(F)F)c(C#N)c1.